The summed E-state index contributed by atoms with van der Waals surface area (Å²) in [5.74, 6) is 2.45. The lowest BCUT2D eigenvalue weighted by atomic mass is 9.78. The van der Waals surface area contributed by atoms with E-state index in [1.807, 2.05) is 72.8 Å². The normalized spacial score (nSPS) is 12.8. The van der Waals surface area contributed by atoms with Crippen LogP contribution in [0.2, 0.25) is 0 Å². The molecule has 0 aliphatic rings. The van der Waals surface area contributed by atoms with Crippen molar-refractivity contribution < 1.29 is 24.1 Å². The number of hydrogen-bond donors (Lipinski definition) is 1. The van der Waals surface area contributed by atoms with E-state index in [4.69, 9.17) is 18.9 Å². The third-order valence-electron chi connectivity index (χ3n) is 5.75. The molecule has 4 aromatic rings. The van der Waals surface area contributed by atoms with Crippen molar-refractivity contribution in [3.05, 3.63) is 95.6 Å². The summed E-state index contributed by atoms with van der Waals surface area (Å²) in [4.78, 5) is 0. The van der Waals surface area contributed by atoms with Crippen LogP contribution in [0, 0.1) is 0 Å². The lowest BCUT2D eigenvalue weighted by molar-refractivity contribution is 0.118. The maximum Gasteiger partial charge on any atom is 0.147 e. The van der Waals surface area contributed by atoms with Crippen molar-refractivity contribution in [1.82, 2.24) is 0 Å². The van der Waals surface area contributed by atoms with Crippen molar-refractivity contribution in [3.8, 4) is 23.0 Å². The van der Waals surface area contributed by atoms with Gasteiger partial charge in [-0.05, 0) is 52.7 Å². The highest BCUT2D eigenvalue weighted by molar-refractivity contribution is 5.87. The summed E-state index contributed by atoms with van der Waals surface area (Å²) in [6.07, 6.45) is 0. The maximum absolute atomic E-state index is 12.4. The average Bonchev–Trinajstić information content (AvgIpc) is 2.87. The zero-order valence-corrected chi connectivity index (χ0v) is 18.6. The standard InChI is InChI=1S/C27H26O5/c1-29-21-11-10-18-15-24(25(31-3)16-19(18)14-21)27(28,20-8-6-5-7-9-20)23-13-12-22(30-2)17-26(23)32-4/h5-17,28H,1-4H3. The van der Waals surface area contributed by atoms with E-state index < -0.39 is 5.60 Å². The van der Waals surface area contributed by atoms with Crippen LogP contribution in [0.5, 0.6) is 23.0 Å². The smallest absolute Gasteiger partial charge is 0.147 e. The van der Waals surface area contributed by atoms with Crippen molar-refractivity contribution >= 4 is 10.8 Å². The van der Waals surface area contributed by atoms with Crippen LogP contribution in [0.15, 0.2) is 78.9 Å². The molecule has 0 aliphatic carbocycles. The van der Waals surface area contributed by atoms with Gasteiger partial charge in [0, 0.05) is 17.2 Å². The maximum atomic E-state index is 12.4. The third kappa shape index (κ3) is 3.61. The highest BCUT2D eigenvalue weighted by Crippen LogP contribution is 2.46. The Hall–Kier alpha value is -3.70. The first-order valence-corrected chi connectivity index (χ1v) is 10.2. The minimum atomic E-state index is -1.54. The summed E-state index contributed by atoms with van der Waals surface area (Å²) >= 11 is 0. The van der Waals surface area contributed by atoms with Gasteiger partial charge in [-0.2, -0.15) is 0 Å². The van der Waals surface area contributed by atoms with Crippen molar-refractivity contribution in [1.29, 1.82) is 0 Å². The van der Waals surface area contributed by atoms with Gasteiger partial charge in [0.2, 0.25) is 0 Å². The van der Waals surface area contributed by atoms with Crippen LogP contribution >= 0.6 is 0 Å². The first-order valence-electron chi connectivity index (χ1n) is 10.2. The summed E-state index contributed by atoms with van der Waals surface area (Å²) in [5, 5.41) is 14.3. The van der Waals surface area contributed by atoms with Crippen LogP contribution in [0.1, 0.15) is 16.7 Å². The van der Waals surface area contributed by atoms with E-state index in [1.54, 1.807) is 34.5 Å². The monoisotopic (exact) mass is 430 g/mol. The molecule has 1 N–H and O–H groups in total. The van der Waals surface area contributed by atoms with E-state index in [9.17, 15) is 5.11 Å². The molecular weight excluding hydrogens is 404 g/mol. The summed E-state index contributed by atoms with van der Waals surface area (Å²) in [6, 6.07) is 24.6. The second kappa shape index (κ2) is 8.81. The van der Waals surface area contributed by atoms with E-state index in [-0.39, 0.29) is 0 Å². The molecule has 5 nitrogen and oxygen atoms in total. The minimum absolute atomic E-state index is 0.507. The Labute approximate surface area is 187 Å². The number of aliphatic hydroxyl groups is 1. The molecule has 0 heterocycles. The molecule has 0 bridgehead atoms. The van der Waals surface area contributed by atoms with Gasteiger partial charge in [-0.15, -0.1) is 0 Å². The zero-order valence-electron chi connectivity index (χ0n) is 18.6. The van der Waals surface area contributed by atoms with Gasteiger partial charge in [0.1, 0.15) is 28.6 Å². The molecule has 1 unspecified atom stereocenters. The van der Waals surface area contributed by atoms with E-state index in [0.29, 0.717) is 33.9 Å². The zero-order chi connectivity index (χ0) is 22.7. The Morgan fingerprint density at radius 1 is 0.562 bits per heavy atom. The van der Waals surface area contributed by atoms with Crippen molar-refractivity contribution in [3.63, 3.8) is 0 Å². The number of ether oxygens (including phenoxy) is 4. The van der Waals surface area contributed by atoms with Crippen molar-refractivity contribution in [2.75, 3.05) is 28.4 Å². The molecule has 0 aliphatic heterocycles. The first kappa shape index (κ1) is 21.5. The fraction of sp³-hybridized carbons (Fsp3) is 0.185. The largest absolute Gasteiger partial charge is 0.497 e. The summed E-state index contributed by atoms with van der Waals surface area (Å²) in [6.45, 7) is 0. The predicted molar refractivity (Wildman–Crippen MR) is 125 cm³/mol. The van der Waals surface area contributed by atoms with Gasteiger partial charge in [-0.25, -0.2) is 0 Å². The van der Waals surface area contributed by atoms with Crippen LogP contribution < -0.4 is 18.9 Å². The number of fused-ring (bicyclic) bond motifs is 1. The predicted octanol–water partition coefficient (Wildman–Crippen LogP) is 5.16. The summed E-state index contributed by atoms with van der Waals surface area (Å²) in [7, 11) is 6.41. The molecule has 32 heavy (non-hydrogen) atoms. The Bertz CT molecular complexity index is 1240. The lowest BCUT2D eigenvalue weighted by Crippen LogP contribution is -2.30. The number of rotatable bonds is 7. The van der Waals surface area contributed by atoms with Gasteiger partial charge >= 0.3 is 0 Å². The molecule has 0 saturated heterocycles. The van der Waals surface area contributed by atoms with Gasteiger partial charge in [0.15, 0.2) is 0 Å². The van der Waals surface area contributed by atoms with Gasteiger partial charge in [0.25, 0.3) is 0 Å². The Morgan fingerprint density at radius 3 is 1.84 bits per heavy atom. The molecule has 0 saturated carbocycles. The van der Waals surface area contributed by atoms with E-state index in [0.717, 1.165) is 16.5 Å². The molecule has 0 aromatic heterocycles. The highest BCUT2D eigenvalue weighted by Gasteiger charge is 2.39. The fourth-order valence-corrected chi connectivity index (χ4v) is 4.07. The SMILES string of the molecule is COc1ccc(C(O)(c2ccccc2)c2cc3ccc(OC)cc3cc2OC)c(OC)c1. The Kier molecular flexibility index (Phi) is 5.93. The molecule has 0 spiro atoms. The van der Waals surface area contributed by atoms with Crippen LogP contribution in [-0.4, -0.2) is 33.5 Å². The molecule has 4 rings (SSSR count). The summed E-state index contributed by atoms with van der Waals surface area (Å²) in [5.41, 5.74) is 0.332. The topological polar surface area (TPSA) is 57.2 Å². The second-order valence-corrected chi connectivity index (χ2v) is 7.41. The summed E-state index contributed by atoms with van der Waals surface area (Å²) < 4.78 is 22.2. The van der Waals surface area contributed by atoms with Crippen LogP contribution in [0.25, 0.3) is 10.8 Å². The number of methoxy groups -OCH3 is 4. The van der Waals surface area contributed by atoms with Gasteiger partial charge in [-0.3, -0.25) is 0 Å². The molecule has 1 atom stereocenters. The van der Waals surface area contributed by atoms with Gasteiger partial charge in [0.05, 0.1) is 28.4 Å². The molecule has 0 radical (unpaired) electrons. The van der Waals surface area contributed by atoms with Gasteiger partial charge < -0.3 is 24.1 Å². The molecule has 164 valence electrons. The van der Waals surface area contributed by atoms with Crippen LogP contribution in [-0.2, 0) is 5.60 Å². The van der Waals surface area contributed by atoms with E-state index in [2.05, 4.69) is 0 Å². The van der Waals surface area contributed by atoms with E-state index in [1.165, 1.54) is 0 Å². The minimum Gasteiger partial charge on any atom is -0.497 e. The van der Waals surface area contributed by atoms with Crippen molar-refractivity contribution in [2.45, 2.75) is 5.60 Å². The molecule has 5 heteroatoms. The fourth-order valence-electron chi connectivity index (χ4n) is 4.07. The van der Waals surface area contributed by atoms with Crippen LogP contribution in [0.3, 0.4) is 0 Å². The second-order valence-electron chi connectivity index (χ2n) is 7.41. The molecule has 0 fully saturated rings. The van der Waals surface area contributed by atoms with Gasteiger partial charge in [-0.1, -0.05) is 36.4 Å². The van der Waals surface area contributed by atoms with Crippen LogP contribution in [0.4, 0.5) is 0 Å². The lowest BCUT2D eigenvalue weighted by Gasteiger charge is -2.33. The number of hydrogen-bond acceptors (Lipinski definition) is 5. The number of benzene rings is 4. The Balaban J connectivity index is 2.05. The quantitative estimate of drug-likeness (QED) is 0.411. The molecule has 4 aromatic carbocycles. The average molecular weight is 431 g/mol. The first-order chi connectivity index (χ1) is 15.5. The third-order valence-corrected chi connectivity index (χ3v) is 5.75. The Morgan fingerprint density at radius 2 is 1.19 bits per heavy atom. The highest BCUT2D eigenvalue weighted by atomic mass is 16.5. The van der Waals surface area contributed by atoms with Crippen molar-refractivity contribution in [2.24, 2.45) is 0 Å². The molecular formula is C27H26O5. The van der Waals surface area contributed by atoms with E-state index >= 15 is 0 Å². The molecule has 0 amide bonds.